The molecular weight excluding hydrogens is 503 g/mol. The van der Waals surface area contributed by atoms with Crippen LogP contribution in [0.15, 0.2) is 58.9 Å². The Morgan fingerprint density at radius 3 is 2.23 bits per heavy atom. The number of amides is 1. The van der Waals surface area contributed by atoms with Gasteiger partial charge >= 0.3 is 0 Å². The Bertz CT molecular complexity index is 1540. The fraction of sp³-hybridized carbons (Fsp3) is 0.192. The van der Waals surface area contributed by atoms with Gasteiger partial charge in [-0.1, -0.05) is 47.5 Å². The molecule has 1 unspecified atom stereocenters. The van der Waals surface area contributed by atoms with E-state index in [4.69, 9.17) is 28.9 Å². The van der Waals surface area contributed by atoms with Crippen molar-refractivity contribution in [3.05, 3.63) is 94.8 Å². The van der Waals surface area contributed by atoms with Gasteiger partial charge in [-0.15, -0.1) is 11.3 Å². The van der Waals surface area contributed by atoms with E-state index in [9.17, 15) is 14.9 Å². The molecule has 0 saturated heterocycles. The van der Waals surface area contributed by atoms with Crippen LogP contribution in [0.4, 0.5) is 0 Å². The Balaban J connectivity index is 2.10. The summed E-state index contributed by atoms with van der Waals surface area (Å²) < 4.78 is 2.10. The highest BCUT2D eigenvalue weighted by molar-refractivity contribution is 7.07. The molecule has 0 saturated carbocycles. The first kappa shape index (κ1) is 24.8. The molecule has 0 bridgehead atoms. The van der Waals surface area contributed by atoms with E-state index in [1.165, 1.54) is 15.9 Å². The number of carbonyl (C=O) groups is 1. The highest BCUT2D eigenvalue weighted by atomic mass is 35.5. The van der Waals surface area contributed by atoms with E-state index in [1.807, 2.05) is 13.8 Å². The van der Waals surface area contributed by atoms with Crippen LogP contribution in [-0.4, -0.2) is 28.5 Å². The fourth-order valence-electron chi connectivity index (χ4n) is 4.13. The normalized spacial score (nSPS) is 15.7. The Kier molecular flexibility index (Phi) is 7.18. The molecule has 2 aromatic carbocycles. The molecule has 0 aliphatic carbocycles. The summed E-state index contributed by atoms with van der Waals surface area (Å²) in [6.07, 6.45) is 1.73. The molecule has 1 atom stereocenters. The van der Waals surface area contributed by atoms with Crippen molar-refractivity contribution < 1.29 is 4.79 Å². The second-order valence-electron chi connectivity index (χ2n) is 7.89. The summed E-state index contributed by atoms with van der Waals surface area (Å²) in [7, 11) is 0. The largest absolute Gasteiger partial charge is 0.384 e. The summed E-state index contributed by atoms with van der Waals surface area (Å²) in [5.74, 6) is -0.953. The summed E-state index contributed by atoms with van der Waals surface area (Å²) in [5.41, 5.74) is 8.00. The molecule has 1 amide bonds. The van der Waals surface area contributed by atoms with E-state index in [-0.39, 0.29) is 22.9 Å². The Morgan fingerprint density at radius 2 is 1.69 bits per heavy atom. The molecule has 4 rings (SSSR count). The SMILES string of the molecule is CCN(CC)C(=O)C1=c2s/c(=C\c3ccc(Cl)cc3)c(=O)n2C(N)=C(C#N)C1c1ccc(Cl)cc1. The van der Waals surface area contributed by atoms with Crippen molar-refractivity contribution in [2.24, 2.45) is 5.73 Å². The van der Waals surface area contributed by atoms with Crippen molar-refractivity contribution in [3.63, 3.8) is 0 Å². The number of carbonyl (C=O) groups excluding carboxylic acids is 1. The molecule has 35 heavy (non-hydrogen) atoms. The zero-order chi connectivity index (χ0) is 25.3. The van der Waals surface area contributed by atoms with E-state index in [2.05, 4.69) is 6.07 Å². The van der Waals surface area contributed by atoms with Gasteiger partial charge in [0.2, 0.25) is 0 Å². The lowest BCUT2D eigenvalue weighted by molar-refractivity contribution is -0.125. The monoisotopic (exact) mass is 524 g/mol. The number of allylic oxidation sites excluding steroid dienone is 1. The highest BCUT2D eigenvalue weighted by Crippen LogP contribution is 2.37. The summed E-state index contributed by atoms with van der Waals surface area (Å²) in [6.45, 7) is 4.73. The van der Waals surface area contributed by atoms with Crippen LogP contribution in [0, 0.1) is 11.3 Å². The Hall–Kier alpha value is -3.31. The van der Waals surface area contributed by atoms with Crippen LogP contribution in [0.2, 0.25) is 10.0 Å². The first-order chi connectivity index (χ1) is 16.8. The number of rotatable bonds is 5. The maximum absolute atomic E-state index is 13.8. The zero-order valence-electron chi connectivity index (χ0n) is 19.1. The van der Waals surface area contributed by atoms with Crippen molar-refractivity contribution >= 4 is 57.9 Å². The van der Waals surface area contributed by atoms with Gasteiger partial charge in [0.25, 0.3) is 11.5 Å². The average molecular weight is 525 g/mol. The third-order valence-electron chi connectivity index (χ3n) is 5.92. The van der Waals surface area contributed by atoms with E-state index in [0.29, 0.717) is 43.5 Å². The molecule has 2 heterocycles. The summed E-state index contributed by atoms with van der Waals surface area (Å²) >= 11 is 13.3. The number of nitriles is 1. The maximum Gasteiger partial charge on any atom is 0.274 e. The van der Waals surface area contributed by atoms with Gasteiger partial charge in [0.1, 0.15) is 10.5 Å². The molecule has 6 nitrogen and oxygen atoms in total. The number of thiazole rings is 1. The van der Waals surface area contributed by atoms with Gasteiger partial charge in [-0.2, -0.15) is 5.26 Å². The lowest BCUT2D eigenvalue weighted by atomic mass is 9.83. The summed E-state index contributed by atoms with van der Waals surface area (Å²) in [5, 5.41) is 11.2. The standard InChI is InChI=1S/C26H22Cl2N4O2S/c1-3-31(4-2)25(34)22-21(16-7-11-18(28)12-8-16)19(14-29)23(30)32-24(33)20(35-26(22)32)13-15-5-9-17(27)10-6-15/h5-13,21H,3-4,30H2,1-2H3/b20-13-. The third-order valence-corrected chi connectivity index (χ3v) is 7.53. The quantitative estimate of drug-likeness (QED) is 0.552. The molecular formula is C26H22Cl2N4O2S. The summed E-state index contributed by atoms with van der Waals surface area (Å²) in [4.78, 5) is 28.9. The van der Waals surface area contributed by atoms with Crippen LogP contribution in [0.3, 0.4) is 0 Å². The lowest BCUT2D eigenvalue weighted by Gasteiger charge is -2.29. The Labute approximate surface area is 216 Å². The second kappa shape index (κ2) is 10.1. The van der Waals surface area contributed by atoms with Gasteiger partial charge in [-0.3, -0.25) is 14.2 Å². The van der Waals surface area contributed by atoms with Crippen molar-refractivity contribution in [1.82, 2.24) is 9.47 Å². The number of fused-ring (bicyclic) bond motifs is 1. The lowest BCUT2D eigenvalue weighted by Crippen LogP contribution is -2.43. The molecule has 0 fully saturated rings. The zero-order valence-corrected chi connectivity index (χ0v) is 21.4. The van der Waals surface area contributed by atoms with Crippen LogP contribution in [-0.2, 0) is 4.79 Å². The molecule has 0 spiro atoms. The number of halogens is 2. The predicted molar refractivity (Wildman–Crippen MR) is 141 cm³/mol. The van der Waals surface area contributed by atoms with Crippen LogP contribution in [0.5, 0.6) is 0 Å². The first-order valence-corrected chi connectivity index (χ1v) is 12.6. The minimum atomic E-state index is -0.730. The van der Waals surface area contributed by atoms with Crippen LogP contribution in [0.25, 0.3) is 17.5 Å². The van der Waals surface area contributed by atoms with Gasteiger partial charge in [-0.25, -0.2) is 0 Å². The van der Waals surface area contributed by atoms with Gasteiger partial charge in [0, 0.05) is 23.1 Å². The van der Waals surface area contributed by atoms with Gasteiger partial charge in [0.05, 0.1) is 27.7 Å². The van der Waals surface area contributed by atoms with Crippen molar-refractivity contribution in [3.8, 4) is 6.07 Å². The number of aromatic nitrogens is 1. The fourth-order valence-corrected chi connectivity index (χ4v) is 5.56. The smallest absolute Gasteiger partial charge is 0.274 e. The number of nitrogens with zero attached hydrogens (tertiary/aromatic N) is 3. The highest BCUT2D eigenvalue weighted by Gasteiger charge is 2.36. The minimum absolute atomic E-state index is 0.0237. The average Bonchev–Trinajstić information content (AvgIpc) is 3.17. The second-order valence-corrected chi connectivity index (χ2v) is 9.80. The molecule has 1 aliphatic rings. The molecule has 2 N–H and O–H groups in total. The minimum Gasteiger partial charge on any atom is -0.384 e. The number of nitrogens with two attached hydrogens (primary N) is 1. The molecule has 9 heteroatoms. The topological polar surface area (TPSA) is 92.1 Å². The number of benzene rings is 2. The van der Waals surface area contributed by atoms with E-state index in [0.717, 1.165) is 5.56 Å². The predicted octanol–water partition coefficient (Wildman–Crippen LogP) is 3.51. The van der Waals surface area contributed by atoms with Gasteiger partial charge < -0.3 is 10.6 Å². The molecule has 0 radical (unpaired) electrons. The molecule has 1 aromatic heterocycles. The summed E-state index contributed by atoms with van der Waals surface area (Å²) in [6, 6.07) is 16.2. The van der Waals surface area contributed by atoms with Crippen LogP contribution >= 0.6 is 34.5 Å². The van der Waals surface area contributed by atoms with E-state index in [1.54, 1.807) is 59.5 Å². The van der Waals surface area contributed by atoms with Crippen LogP contribution in [0.1, 0.15) is 30.9 Å². The van der Waals surface area contributed by atoms with E-state index < -0.39 is 5.92 Å². The van der Waals surface area contributed by atoms with Crippen molar-refractivity contribution in [2.75, 3.05) is 13.1 Å². The number of hydrogen-bond acceptors (Lipinski definition) is 5. The number of hydrogen-bond donors (Lipinski definition) is 1. The van der Waals surface area contributed by atoms with Gasteiger partial charge in [-0.05, 0) is 55.3 Å². The molecule has 178 valence electrons. The molecule has 3 aromatic rings. The van der Waals surface area contributed by atoms with E-state index >= 15 is 0 Å². The van der Waals surface area contributed by atoms with Crippen molar-refractivity contribution in [1.29, 1.82) is 5.26 Å². The first-order valence-electron chi connectivity index (χ1n) is 11.0. The van der Waals surface area contributed by atoms with Crippen molar-refractivity contribution in [2.45, 2.75) is 19.8 Å². The third kappa shape index (κ3) is 4.53. The Morgan fingerprint density at radius 1 is 1.11 bits per heavy atom. The van der Waals surface area contributed by atoms with Gasteiger partial charge in [0.15, 0.2) is 0 Å². The maximum atomic E-state index is 13.8. The molecule has 1 aliphatic heterocycles. The van der Waals surface area contributed by atoms with Crippen LogP contribution < -0.4 is 20.5 Å².